The molecule has 1 aliphatic heterocycles. The van der Waals surface area contributed by atoms with Crippen molar-refractivity contribution < 1.29 is 17.9 Å². The standard InChI is InChI=1S/C27H25Cl2NO4S/c1-34-24-10-4-19(5-11-24)6-13-27(31)30(23-14-15-35(32,33)18-23)17-20-2-7-21(8-3-20)25-12-9-22(28)16-26(25)29/h2-13,16,23H,14-15,17-18H2,1H3/b13-6+. The van der Waals surface area contributed by atoms with E-state index in [1.165, 1.54) is 6.08 Å². The lowest BCUT2D eigenvalue weighted by Crippen LogP contribution is -2.39. The van der Waals surface area contributed by atoms with Crippen LogP contribution in [0.4, 0.5) is 0 Å². The molecule has 8 heteroatoms. The van der Waals surface area contributed by atoms with Crippen LogP contribution in [0.15, 0.2) is 72.8 Å². The fourth-order valence-electron chi connectivity index (χ4n) is 4.10. The topological polar surface area (TPSA) is 63.7 Å². The molecule has 3 aromatic carbocycles. The summed E-state index contributed by atoms with van der Waals surface area (Å²) in [6.07, 6.45) is 3.65. The van der Waals surface area contributed by atoms with Crippen LogP contribution in [0.5, 0.6) is 5.75 Å². The number of benzene rings is 3. The Labute approximate surface area is 215 Å². The van der Waals surface area contributed by atoms with Crippen LogP contribution in [0, 0.1) is 0 Å². The van der Waals surface area contributed by atoms with Gasteiger partial charge in [0.25, 0.3) is 0 Å². The summed E-state index contributed by atoms with van der Waals surface area (Å²) in [5.74, 6) is 0.577. The van der Waals surface area contributed by atoms with Crippen LogP contribution in [0.1, 0.15) is 17.5 Å². The minimum absolute atomic E-state index is 0.0203. The van der Waals surface area contributed by atoms with Gasteiger partial charge in [0, 0.05) is 34.3 Å². The second-order valence-corrected chi connectivity index (χ2v) is 11.5. The first-order chi connectivity index (χ1) is 16.7. The van der Waals surface area contributed by atoms with Gasteiger partial charge in [0.1, 0.15) is 5.75 Å². The van der Waals surface area contributed by atoms with Crippen LogP contribution in [0.25, 0.3) is 17.2 Å². The molecular formula is C27H25Cl2NO4S. The van der Waals surface area contributed by atoms with E-state index in [0.717, 1.165) is 28.0 Å². The van der Waals surface area contributed by atoms with Gasteiger partial charge in [0.15, 0.2) is 9.84 Å². The minimum atomic E-state index is -3.15. The van der Waals surface area contributed by atoms with E-state index >= 15 is 0 Å². The van der Waals surface area contributed by atoms with E-state index in [4.69, 9.17) is 27.9 Å². The summed E-state index contributed by atoms with van der Waals surface area (Å²) in [5, 5.41) is 1.13. The molecule has 0 N–H and O–H groups in total. The molecule has 1 saturated heterocycles. The van der Waals surface area contributed by atoms with Crippen molar-refractivity contribution in [2.75, 3.05) is 18.6 Å². The van der Waals surface area contributed by atoms with Crippen LogP contribution in [-0.2, 0) is 21.2 Å². The third-order valence-electron chi connectivity index (χ3n) is 6.02. The average molecular weight is 530 g/mol. The first-order valence-corrected chi connectivity index (χ1v) is 13.7. The van der Waals surface area contributed by atoms with Gasteiger partial charge in [-0.2, -0.15) is 0 Å². The fraction of sp³-hybridized carbons (Fsp3) is 0.222. The zero-order valence-electron chi connectivity index (χ0n) is 19.2. The molecule has 35 heavy (non-hydrogen) atoms. The predicted octanol–water partition coefficient (Wildman–Crippen LogP) is 5.90. The van der Waals surface area contributed by atoms with Gasteiger partial charge in [-0.1, -0.05) is 65.7 Å². The van der Waals surface area contributed by atoms with Gasteiger partial charge >= 0.3 is 0 Å². The van der Waals surface area contributed by atoms with Crippen LogP contribution in [-0.4, -0.2) is 43.9 Å². The first-order valence-electron chi connectivity index (χ1n) is 11.1. The van der Waals surface area contributed by atoms with E-state index in [-0.39, 0.29) is 23.5 Å². The van der Waals surface area contributed by atoms with Crippen LogP contribution in [0.3, 0.4) is 0 Å². The fourth-order valence-corrected chi connectivity index (χ4v) is 6.34. The summed E-state index contributed by atoms with van der Waals surface area (Å²) >= 11 is 12.3. The number of hydrogen-bond acceptors (Lipinski definition) is 4. The lowest BCUT2D eigenvalue weighted by Gasteiger charge is -2.27. The molecule has 4 rings (SSSR count). The number of hydrogen-bond donors (Lipinski definition) is 0. The van der Waals surface area contributed by atoms with Gasteiger partial charge in [-0.15, -0.1) is 0 Å². The predicted molar refractivity (Wildman–Crippen MR) is 142 cm³/mol. The Bertz CT molecular complexity index is 1340. The zero-order chi connectivity index (χ0) is 25.0. The molecule has 0 spiro atoms. The SMILES string of the molecule is COc1ccc(/C=C/C(=O)N(Cc2ccc(-c3ccc(Cl)cc3Cl)cc2)C2CCS(=O)(=O)C2)cc1. The normalized spacial score (nSPS) is 16.9. The van der Waals surface area contributed by atoms with Gasteiger partial charge in [-0.3, -0.25) is 4.79 Å². The largest absolute Gasteiger partial charge is 0.497 e. The van der Waals surface area contributed by atoms with Crippen LogP contribution >= 0.6 is 23.2 Å². The summed E-state index contributed by atoms with van der Waals surface area (Å²) < 4.78 is 29.4. The van der Waals surface area contributed by atoms with Crippen molar-refractivity contribution in [1.82, 2.24) is 4.90 Å². The lowest BCUT2D eigenvalue weighted by atomic mass is 10.0. The van der Waals surface area contributed by atoms with Gasteiger partial charge < -0.3 is 9.64 Å². The van der Waals surface area contributed by atoms with Gasteiger partial charge in [0.2, 0.25) is 5.91 Å². The van der Waals surface area contributed by atoms with Crippen molar-refractivity contribution in [2.24, 2.45) is 0 Å². The molecular weight excluding hydrogens is 505 g/mol. The summed E-state index contributed by atoms with van der Waals surface area (Å²) in [5.41, 5.74) is 3.53. The molecule has 0 bridgehead atoms. The lowest BCUT2D eigenvalue weighted by molar-refractivity contribution is -0.128. The number of methoxy groups -OCH3 is 1. The van der Waals surface area contributed by atoms with E-state index in [2.05, 4.69) is 0 Å². The minimum Gasteiger partial charge on any atom is -0.497 e. The van der Waals surface area contributed by atoms with Gasteiger partial charge in [-0.05, 0) is 53.5 Å². The summed E-state index contributed by atoms with van der Waals surface area (Å²) in [6.45, 7) is 0.306. The Morgan fingerprint density at radius 1 is 1.06 bits per heavy atom. The number of sulfone groups is 1. The quantitative estimate of drug-likeness (QED) is 0.357. The second kappa shape index (κ2) is 10.9. The third-order valence-corrected chi connectivity index (χ3v) is 8.31. The number of carbonyl (C=O) groups is 1. The smallest absolute Gasteiger partial charge is 0.247 e. The van der Waals surface area contributed by atoms with Crippen molar-refractivity contribution in [3.63, 3.8) is 0 Å². The molecule has 1 fully saturated rings. The van der Waals surface area contributed by atoms with Crippen molar-refractivity contribution in [3.8, 4) is 16.9 Å². The van der Waals surface area contributed by atoms with Gasteiger partial charge in [0.05, 0.1) is 18.6 Å². The average Bonchev–Trinajstić information content (AvgIpc) is 3.21. The molecule has 3 aromatic rings. The summed E-state index contributed by atoms with van der Waals surface area (Å²) in [7, 11) is -1.55. The number of halogens is 2. The molecule has 1 amide bonds. The summed E-state index contributed by atoms with van der Waals surface area (Å²) in [4.78, 5) is 14.8. The maximum Gasteiger partial charge on any atom is 0.247 e. The maximum atomic E-state index is 13.2. The van der Waals surface area contributed by atoms with Crippen LogP contribution in [0.2, 0.25) is 10.0 Å². The molecule has 0 aliphatic carbocycles. The van der Waals surface area contributed by atoms with E-state index in [0.29, 0.717) is 23.0 Å². The highest BCUT2D eigenvalue weighted by Gasteiger charge is 2.34. The highest BCUT2D eigenvalue weighted by Crippen LogP contribution is 2.31. The van der Waals surface area contributed by atoms with E-state index in [1.54, 1.807) is 30.2 Å². The monoisotopic (exact) mass is 529 g/mol. The Balaban J connectivity index is 1.54. The Morgan fingerprint density at radius 2 is 1.77 bits per heavy atom. The molecule has 0 aromatic heterocycles. The molecule has 5 nitrogen and oxygen atoms in total. The molecule has 0 saturated carbocycles. The van der Waals surface area contributed by atoms with Crippen molar-refractivity contribution in [2.45, 2.75) is 19.0 Å². The molecule has 1 aliphatic rings. The van der Waals surface area contributed by atoms with Crippen molar-refractivity contribution in [3.05, 3.63) is 94.0 Å². The number of rotatable bonds is 7. The molecule has 1 heterocycles. The van der Waals surface area contributed by atoms with Gasteiger partial charge in [-0.25, -0.2) is 8.42 Å². The Hall–Kier alpha value is -2.80. The second-order valence-electron chi connectivity index (χ2n) is 8.45. The Kier molecular flexibility index (Phi) is 7.85. The molecule has 182 valence electrons. The molecule has 1 unspecified atom stereocenters. The van der Waals surface area contributed by atoms with E-state index in [1.807, 2.05) is 54.6 Å². The maximum absolute atomic E-state index is 13.2. The molecule has 1 atom stereocenters. The van der Waals surface area contributed by atoms with E-state index < -0.39 is 9.84 Å². The molecule has 0 radical (unpaired) electrons. The highest BCUT2D eigenvalue weighted by atomic mass is 35.5. The summed E-state index contributed by atoms with van der Waals surface area (Å²) in [6, 6.07) is 20.1. The number of ether oxygens (including phenoxy) is 1. The first kappa shape index (κ1) is 25.3. The van der Waals surface area contributed by atoms with E-state index in [9.17, 15) is 13.2 Å². The van der Waals surface area contributed by atoms with Crippen molar-refractivity contribution in [1.29, 1.82) is 0 Å². The van der Waals surface area contributed by atoms with Crippen molar-refractivity contribution >= 4 is 45.0 Å². The third kappa shape index (κ3) is 6.45. The highest BCUT2D eigenvalue weighted by molar-refractivity contribution is 7.91. The number of amides is 1. The van der Waals surface area contributed by atoms with Crippen LogP contribution < -0.4 is 4.74 Å². The number of nitrogens with zero attached hydrogens (tertiary/aromatic N) is 1. The number of carbonyl (C=O) groups excluding carboxylic acids is 1. The zero-order valence-corrected chi connectivity index (χ0v) is 21.5. The Morgan fingerprint density at radius 3 is 2.37 bits per heavy atom.